The molecule has 2 saturated heterocycles. The third kappa shape index (κ3) is 3.09. The lowest BCUT2D eigenvalue weighted by Crippen LogP contribution is -2.47. The van der Waals surface area contributed by atoms with E-state index in [2.05, 4.69) is 28.0 Å². The van der Waals surface area contributed by atoms with Gasteiger partial charge in [0.25, 0.3) is 0 Å². The summed E-state index contributed by atoms with van der Waals surface area (Å²) >= 11 is 0. The number of hydrogen-bond acceptors (Lipinski definition) is 5. The standard InChI is InChI=1S/C24H33N3O2/c1-2-5-19(6-3-1)14-27-17-23-13-20(15-26-9-11-28-12-10-26)21-7-4-8-25-22(21)24(23,16-23)29-18-27/h4,7-8,13,19H,1-3,5-6,9-12,14-18H2. The molecule has 1 aromatic heterocycles. The molecule has 2 aliphatic heterocycles. The van der Waals surface area contributed by atoms with Crippen LogP contribution >= 0.6 is 0 Å². The second-order valence-electron chi connectivity index (χ2n) is 9.91. The number of pyridine rings is 1. The molecule has 2 saturated carbocycles. The number of hydrogen-bond donors (Lipinski definition) is 0. The molecule has 0 amide bonds. The maximum Gasteiger partial charge on any atom is 0.124 e. The Morgan fingerprint density at radius 1 is 1.10 bits per heavy atom. The molecule has 0 aromatic carbocycles. The molecule has 3 heterocycles. The highest BCUT2D eigenvalue weighted by Gasteiger charge is 2.73. The van der Waals surface area contributed by atoms with E-state index in [4.69, 9.17) is 14.5 Å². The van der Waals surface area contributed by atoms with Gasteiger partial charge in [0.15, 0.2) is 0 Å². The van der Waals surface area contributed by atoms with Crippen molar-refractivity contribution in [3.63, 3.8) is 0 Å². The zero-order valence-electron chi connectivity index (χ0n) is 17.4. The fourth-order valence-electron chi connectivity index (χ4n) is 6.41. The summed E-state index contributed by atoms with van der Waals surface area (Å²) in [5.41, 5.74) is 3.92. The highest BCUT2D eigenvalue weighted by Crippen LogP contribution is 2.71. The number of fused-ring (bicyclic) bond motifs is 1. The molecule has 3 aliphatic carbocycles. The minimum atomic E-state index is -0.166. The van der Waals surface area contributed by atoms with Gasteiger partial charge in [0, 0.05) is 49.9 Å². The largest absolute Gasteiger partial charge is 0.379 e. The van der Waals surface area contributed by atoms with Crippen LogP contribution in [0.4, 0.5) is 0 Å². The van der Waals surface area contributed by atoms with Crippen molar-refractivity contribution < 1.29 is 9.47 Å². The summed E-state index contributed by atoms with van der Waals surface area (Å²) in [5.74, 6) is 0.862. The molecule has 2 unspecified atom stereocenters. The van der Waals surface area contributed by atoms with Gasteiger partial charge in [-0.1, -0.05) is 31.4 Å². The molecular formula is C24H33N3O2. The van der Waals surface area contributed by atoms with Crippen LogP contribution in [-0.2, 0) is 15.1 Å². The van der Waals surface area contributed by atoms with Crippen LogP contribution in [0.1, 0.15) is 49.8 Å². The second-order valence-corrected chi connectivity index (χ2v) is 9.91. The van der Waals surface area contributed by atoms with Crippen LogP contribution in [0.25, 0.3) is 5.57 Å². The minimum absolute atomic E-state index is 0.128. The van der Waals surface area contributed by atoms with Gasteiger partial charge in [-0.05, 0) is 36.8 Å². The zero-order valence-corrected chi connectivity index (χ0v) is 17.4. The van der Waals surface area contributed by atoms with E-state index in [1.165, 1.54) is 55.5 Å². The zero-order chi connectivity index (χ0) is 19.3. The van der Waals surface area contributed by atoms with E-state index in [-0.39, 0.29) is 11.0 Å². The highest BCUT2D eigenvalue weighted by atomic mass is 16.5. The van der Waals surface area contributed by atoms with Crippen molar-refractivity contribution in [3.05, 3.63) is 35.7 Å². The maximum absolute atomic E-state index is 6.64. The molecule has 0 N–H and O–H groups in total. The fourth-order valence-corrected chi connectivity index (χ4v) is 6.41. The van der Waals surface area contributed by atoms with Crippen LogP contribution in [0.5, 0.6) is 0 Å². The summed E-state index contributed by atoms with van der Waals surface area (Å²) in [6.07, 6.45) is 12.7. The van der Waals surface area contributed by atoms with Crippen molar-refractivity contribution in [2.24, 2.45) is 11.3 Å². The number of ether oxygens (including phenoxy) is 2. The minimum Gasteiger partial charge on any atom is -0.379 e. The molecular weight excluding hydrogens is 362 g/mol. The molecule has 5 aliphatic rings. The average molecular weight is 396 g/mol. The van der Waals surface area contributed by atoms with Crippen LogP contribution in [0.3, 0.4) is 0 Å². The Bertz CT molecular complexity index is 799. The number of rotatable bonds is 4. The topological polar surface area (TPSA) is 37.8 Å². The molecule has 6 rings (SSSR count). The quantitative estimate of drug-likeness (QED) is 0.782. The Kier molecular flexibility index (Phi) is 4.56. The first-order valence-electron chi connectivity index (χ1n) is 11.6. The van der Waals surface area contributed by atoms with Crippen molar-refractivity contribution >= 4 is 5.57 Å². The van der Waals surface area contributed by atoms with Gasteiger partial charge in [0.1, 0.15) is 12.3 Å². The van der Waals surface area contributed by atoms with Gasteiger partial charge in [-0.2, -0.15) is 0 Å². The van der Waals surface area contributed by atoms with Gasteiger partial charge in [0.2, 0.25) is 0 Å². The third-order valence-corrected chi connectivity index (χ3v) is 7.97. The molecule has 0 spiro atoms. The first kappa shape index (κ1) is 18.5. The summed E-state index contributed by atoms with van der Waals surface area (Å²) in [4.78, 5) is 9.99. The lowest BCUT2D eigenvalue weighted by Gasteiger charge is -2.41. The molecule has 5 heteroatoms. The summed E-state index contributed by atoms with van der Waals surface area (Å²) in [5, 5.41) is 0. The number of morpholine rings is 1. The Morgan fingerprint density at radius 2 is 1.97 bits per heavy atom. The van der Waals surface area contributed by atoms with E-state index in [1.807, 2.05) is 6.20 Å². The highest BCUT2D eigenvalue weighted by molar-refractivity contribution is 5.75. The van der Waals surface area contributed by atoms with Gasteiger partial charge in [0.05, 0.1) is 18.9 Å². The molecule has 2 atom stereocenters. The van der Waals surface area contributed by atoms with Gasteiger partial charge < -0.3 is 9.47 Å². The molecule has 29 heavy (non-hydrogen) atoms. The lowest BCUT2D eigenvalue weighted by molar-refractivity contribution is -0.108. The van der Waals surface area contributed by atoms with Crippen molar-refractivity contribution in [3.8, 4) is 0 Å². The van der Waals surface area contributed by atoms with Crippen LogP contribution in [0.15, 0.2) is 24.4 Å². The van der Waals surface area contributed by atoms with Gasteiger partial charge in [-0.3, -0.25) is 14.8 Å². The smallest absolute Gasteiger partial charge is 0.124 e. The van der Waals surface area contributed by atoms with E-state index in [1.54, 1.807) is 0 Å². The Labute approximate surface area is 174 Å². The van der Waals surface area contributed by atoms with E-state index < -0.39 is 0 Å². The molecule has 5 nitrogen and oxygen atoms in total. The molecule has 0 radical (unpaired) electrons. The van der Waals surface area contributed by atoms with Gasteiger partial charge in [-0.25, -0.2) is 0 Å². The van der Waals surface area contributed by atoms with E-state index in [0.717, 1.165) is 58.5 Å². The first-order valence-corrected chi connectivity index (χ1v) is 11.6. The van der Waals surface area contributed by atoms with Gasteiger partial charge >= 0.3 is 0 Å². The van der Waals surface area contributed by atoms with Crippen molar-refractivity contribution in [2.45, 2.75) is 44.1 Å². The summed E-state index contributed by atoms with van der Waals surface area (Å²) in [7, 11) is 0. The summed E-state index contributed by atoms with van der Waals surface area (Å²) in [6, 6.07) is 4.33. The average Bonchev–Trinajstić information content (AvgIpc) is 3.45. The monoisotopic (exact) mass is 395 g/mol. The second kappa shape index (κ2) is 7.16. The van der Waals surface area contributed by atoms with Crippen molar-refractivity contribution in [2.75, 3.05) is 52.7 Å². The number of aromatic nitrogens is 1. The predicted octanol–water partition coefficient (Wildman–Crippen LogP) is 3.27. The van der Waals surface area contributed by atoms with Crippen molar-refractivity contribution in [1.29, 1.82) is 0 Å². The first-order chi connectivity index (χ1) is 14.3. The normalized spacial score (nSPS) is 35.4. The molecule has 4 fully saturated rings. The van der Waals surface area contributed by atoms with Crippen LogP contribution in [-0.4, -0.2) is 67.5 Å². The Hall–Kier alpha value is -1.27. The van der Waals surface area contributed by atoms with Crippen molar-refractivity contribution in [1.82, 2.24) is 14.8 Å². The Balaban J connectivity index is 1.26. The maximum atomic E-state index is 6.64. The van der Waals surface area contributed by atoms with Crippen LogP contribution in [0.2, 0.25) is 0 Å². The Morgan fingerprint density at radius 3 is 2.83 bits per heavy atom. The predicted molar refractivity (Wildman–Crippen MR) is 112 cm³/mol. The van der Waals surface area contributed by atoms with Crippen LogP contribution < -0.4 is 0 Å². The number of nitrogens with zero attached hydrogens (tertiary/aromatic N) is 3. The SMILES string of the molecule is C1=C(CN2CCOCC2)c2cccnc2C23CC12CN(CC1CCCCC1)CO3. The third-order valence-electron chi connectivity index (χ3n) is 7.97. The van der Waals surface area contributed by atoms with E-state index in [9.17, 15) is 0 Å². The molecule has 156 valence electrons. The van der Waals surface area contributed by atoms with E-state index >= 15 is 0 Å². The van der Waals surface area contributed by atoms with Crippen LogP contribution in [0, 0.1) is 11.3 Å². The molecule has 0 bridgehead atoms. The summed E-state index contributed by atoms with van der Waals surface area (Å²) < 4.78 is 12.2. The summed E-state index contributed by atoms with van der Waals surface area (Å²) in [6.45, 7) is 7.85. The van der Waals surface area contributed by atoms with Gasteiger partial charge in [-0.15, -0.1) is 0 Å². The lowest BCUT2D eigenvalue weighted by atomic mass is 9.83. The van der Waals surface area contributed by atoms with E-state index in [0.29, 0.717) is 0 Å². The fraction of sp³-hybridized carbons (Fsp3) is 0.708. The molecule has 1 aromatic rings.